The van der Waals surface area contributed by atoms with E-state index in [1.807, 2.05) is 0 Å². The van der Waals surface area contributed by atoms with Crippen LogP contribution in [0, 0.1) is 0 Å². The van der Waals surface area contributed by atoms with Crippen molar-refractivity contribution in [2.75, 3.05) is 6.54 Å². The van der Waals surface area contributed by atoms with Gasteiger partial charge in [0.15, 0.2) is 0 Å². The molecular weight excluding hydrogens is 50.0 g/mol. The topological polar surface area (TPSA) is 22.3 Å². The molecule has 0 atom stereocenters. The Morgan fingerprint density at radius 2 is 1.75 bits per heavy atom. The molecule has 0 bridgehead atoms. The summed E-state index contributed by atoms with van der Waals surface area (Å²) in [6, 6.07) is 0. The maximum absolute atomic E-state index is 7.57. The van der Waals surface area contributed by atoms with Crippen molar-refractivity contribution >= 4 is 0 Å². The Balaban J connectivity index is 0. The van der Waals surface area contributed by atoms with Crippen LogP contribution in [-0.2, 0) is 0 Å². The van der Waals surface area contributed by atoms with E-state index in [9.17, 15) is 0 Å². The van der Waals surface area contributed by atoms with Crippen molar-refractivity contribution in [3.63, 3.8) is 0 Å². The van der Waals surface area contributed by atoms with Gasteiger partial charge in [0.25, 0.3) is 0 Å². The minimum absolute atomic E-state index is 0. The van der Waals surface area contributed by atoms with Gasteiger partial charge in [-0.3, -0.25) is 0 Å². The molecule has 4 heavy (non-hydrogen) atoms. The van der Waals surface area contributed by atoms with E-state index in [1.165, 1.54) is 0 Å². The van der Waals surface area contributed by atoms with Crippen molar-refractivity contribution in [2.24, 2.45) is 0 Å². The summed E-state index contributed by atoms with van der Waals surface area (Å²) in [6.07, 6.45) is 0. The molecule has 0 amide bonds. The quantitative estimate of drug-likeness (QED) is 0.392. The highest BCUT2D eigenvalue weighted by molar-refractivity contribution is 3.98. The van der Waals surface area contributed by atoms with Gasteiger partial charge in [-0.05, 0) is 6.92 Å². The minimum Gasteiger partial charge on any atom is -0.145 e. The van der Waals surface area contributed by atoms with Crippen LogP contribution in [0.15, 0.2) is 0 Å². The third kappa shape index (κ3) is 1130. The Morgan fingerprint density at radius 1 is 1.75 bits per heavy atom. The highest BCUT2D eigenvalue weighted by Gasteiger charge is 1.38. The zero-order chi connectivity index (χ0) is 2.71. The lowest BCUT2D eigenvalue weighted by Crippen LogP contribution is -1.63. The van der Waals surface area contributed by atoms with Crippen LogP contribution in [0.2, 0.25) is 0 Å². The molecule has 0 aliphatic carbocycles. The van der Waals surface area contributed by atoms with E-state index in [-0.39, 0.29) is 14.0 Å². The van der Waals surface area contributed by atoms with Gasteiger partial charge in [-0.25, -0.2) is 0 Å². The molecule has 0 aromatic carbocycles. The zero-order valence-corrected chi connectivity index (χ0v) is 2.15. The first-order valence-corrected chi connectivity index (χ1v) is 1.02. The normalized spacial score (nSPS) is 4.50. The van der Waals surface area contributed by atoms with Gasteiger partial charge in [0.2, 0.25) is 0 Å². The van der Waals surface area contributed by atoms with Crippen LogP contribution in [0.3, 0.4) is 0 Å². The molecule has 0 spiro atoms. The van der Waals surface area contributed by atoms with Gasteiger partial charge in [0, 0.05) is 6.54 Å². The summed E-state index contributed by atoms with van der Waals surface area (Å²) < 4.78 is 0. The molecule has 0 unspecified atom stereocenters. The molecule has 0 aromatic heterocycles. The van der Waals surface area contributed by atoms with Crippen LogP contribution in [-0.4, -0.2) is 6.54 Å². The summed E-state index contributed by atoms with van der Waals surface area (Å²) in [5.74, 6) is 0. The Hall–Kier alpha value is -0.0400. The Kier molecular flexibility index (Phi) is 27.9. The third-order valence-electron chi connectivity index (χ3n) is 0. The van der Waals surface area contributed by atoms with Crippen LogP contribution in [0.25, 0.3) is 0 Å². The molecule has 26 valence electrons. The van der Waals surface area contributed by atoms with Crippen LogP contribution in [0.5, 0.6) is 0 Å². The number of hydrogen-bond acceptors (Lipinski definition) is 0. The molecule has 1 nitrogen and oxygen atoms in total. The Bertz CT molecular complexity index is 3.25. The highest BCUT2D eigenvalue weighted by Crippen LogP contribution is 1.26. The van der Waals surface area contributed by atoms with Crippen molar-refractivity contribution in [3.8, 4) is 0 Å². The second-order valence-electron chi connectivity index (χ2n) is 0.316. The minimum atomic E-state index is 0. The van der Waals surface area contributed by atoms with E-state index in [2.05, 4.69) is 0 Å². The van der Waals surface area contributed by atoms with E-state index < -0.39 is 0 Å². The molecule has 0 aromatic rings. The molecule has 2 radical (unpaired) electrons. The number of hydrogen-bond donors (Lipinski definition) is 0. The second-order valence-corrected chi connectivity index (χ2v) is 0.316. The molecule has 0 fully saturated rings. The number of nitrogens with zero attached hydrogens (tertiary/aromatic N) is 1. The second kappa shape index (κ2) is 12.3. The van der Waals surface area contributed by atoms with Gasteiger partial charge in [-0.2, -0.15) is 0 Å². The third-order valence-corrected chi connectivity index (χ3v) is 0. The lowest BCUT2D eigenvalue weighted by Gasteiger charge is -1.45. The Morgan fingerprint density at radius 3 is 1.75 bits per heavy atom. The van der Waals surface area contributed by atoms with E-state index in [0.29, 0.717) is 0 Å². The molecule has 0 aliphatic rings. The van der Waals surface area contributed by atoms with Gasteiger partial charge in [-0.15, -0.1) is 5.73 Å². The lowest BCUT2D eigenvalue weighted by atomic mass is 10.8. The molecule has 0 saturated carbocycles. The fourth-order valence-corrected chi connectivity index (χ4v) is 0. The highest BCUT2D eigenvalue weighted by atomic mass is 14.5. The smallest absolute Gasteiger partial charge is 0.0293 e. The van der Waals surface area contributed by atoms with Crippen LogP contribution in [0.4, 0.5) is 0 Å². The van der Waals surface area contributed by atoms with Crippen molar-refractivity contribution in [1.82, 2.24) is 5.73 Å². The number of rotatable bonds is 0. The SMILES string of the molecule is C.CC[N]. The lowest BCUT2D eigenvalue weighted by molar-refractivity contribution is 1.09. The van der Waals surface area contributed by atoms with E-state index >= 15 is 0 Å². The van der Waals surface area contributed by atoms with Crippen LogP contribution >= 0.6 is 0 Å². The predicted molar refractivity (Wildman–Crippen MR) is 19.4 cm³/mol. The molecule has 1 heteroatoms. The molecule has 0 rings (SSSR count). The van der Waals surface area contributed by atoms with Gasteiger partial charge in [0.05, 0.1) is 0 Å². The average Bonchev–Trinajstić information content (AvgIpc) is 0.918. The molecule has 0 aliphatic heterocycles. The van der Waals surface area contributed by atoms with Gasteiger partial charge in [0.1, 0.15) is 0 Å². The fourth-order valence-electron chi connectivity index (χ4n) is 0. The molecular formula is C3H9N. The maximum atomic E-state index is 7.57. The first kappa shape index (κ1) is 9.03. The maximum Gasteiger partial charge on any atom is 0.0293 e. The van der Waals surface area contributed by atoms with Crippen molar-refractivity contribution < 1.29 is 0 Å². The van der Waals surface area contributed by atoms with Gasteiger partial charge >= 0.3 is 0 Å². The van der Waals surface area contributed by atoms with Crippen LogP contribution in [0.1, 0.15) is 14.4 Å². The summed E-state index contributed by atoms with van der Waals surface area (Å²) in [5.41, 5.74) is 7.57. The summed E-state index contributed by atoms with van der Waals surface area (Å²) in [7, 11) is 0. The summed E-state index contributed by atoms with van der Waals surface area (Å²) in [6.45, 7) is 1.93. The largest absolute Gasteiger partial charge is 0.145 e. The van der Waals surface area contributed by atoms with Crippen LogP contribution < -0.4 is 5.73 Å². The van der Waals surface area contributed by atoms with Crippen molar-refractivity contribution in [1.29, 1.82) is 0 Å². The monoisotopic (exact) mass is 59.1 g/mol. The zero-order valence-electron chi connectivity index (χ0n) is 2.15. The van der Waals surface area contributed by atoms with E-state index in [1.54, 1.807) is 6.92 Å². The summed E-state index contributed by atoms with van der Waals surface area (Å²) in [4.78, 5) is 0. The average molecular weight is 59.1 g/mol. The standard InChI is InChI=1S/C2H5N.CH4/c1-2-3;/h2H2,1H3;1H4. The van der Waals surface area contributed by atoms with E-state index in [0.717, 1.165) is 0 Å². The van der Waals surface area contributed by atoms with Gasteiger partial charge in [-0.1, -0.05) is 7.43 Å². The first-order chi connectivity index (χ1) is 1.41. The predicted octanol–water partition coefficient (Wildman–Crippen LogP) is 0.711. The fraction of sp³-hybridized carbons (Fsp3) is 1.00. The summed E-state index contributed by atoms with van der Waals surface area (Å²) in [5, 5.41) is 0. The Labute approximate surface area is 27.8 Å². The van der Waals surface area contributed by atoms with Crippen molar-refractivity contribution in [3.05, 3.63) is 0 Å². The summed E-state index contributed by atoms with van der Waals surface area (Å²) >= 11 is 0. The first-order valence-electron chi connectivity index (χ1n) is 1.02. The van der Waals surface area contributed by atoms with E-state index in [4.69, 9.17) is 5.73 Å². The van der Waals surface area contributed by atoms with Crippen molar-refractivity contribution in [2.45, 2.75) is 14.4 Å². The molecule has 0 heterocycles. The molecule has 0 N–H and O–H groups in total. The molecule has 0 saturated heterocycles. The van der Waals surface area contributed by atoms with Gasteiger partial charge < -0.3 is 0 Å².